The second kappa shape index (κ2) is 2.13. The van der Waals surface area contributed by atoms with Gasteiger partial charge in [-0.15, -0.1) is 0 Å². The molecule has 0 bridgehead atoms. The van der Waals surface area contributed by atoms with Crippen molar-refractivity contribution < 1.29 is 4.74 Å². The van der Waals surface area contributed by atoms with Crippen LogP contribution < -0.4 is 5.73 Å². The number of rotatable bonds is 0. The van der Waals surface area contributed by atoms with Gasteiger partial charge in [0.25, 0.3) is 0 Å². The Kier molecular flexibility index (Phi) is 1.27. The monoisotopic (exact) mass is 137 g/mol. The van der Waals surface area contributed by atoms with E-state index in [2.05, 4.69) is 6.08 Å². The van der Waals surface area contributed by atoms with Crippen LogP contribution in [0.5, 0.6) is 0 Å². The predicted molar refractivity (Wildman–Crippen MR) is 39.3 cm³/mol. The van der Waals surface area contributed by atoms with Crippen LogP contribution in [0.2, 0.25) is 0 Å². The fraction of sp³-hybridized carbons (Fsp3) is 0.500. The SMILES string of the molecule is NC1CC=CC2=C1CCO2. The summed E-state index contributed by atoms with van der Waals surface area (Å²) in [6, 6.07) is 0.225. The topological polar surface area (TPSA) is 35.2 Å². The number of hydrogen-bond acceptors (Lipinski definition) is 2. The predicted octanol–water partition coefficient (Wildman–Crippen LogP) is 0.948. The summed E-state index contributed by atoms with van der Waals surface area (Å²) in [6.07, 6.45) is 6.11. The third kappa shape index (κ3) is 0.762. The van der Waals surface area contributed by atoms with Crippen LogP contribution in [0, 0.1) is 0 Å². The molecule has 10 heavy (non-hydrogen) atoms. The van der Waals surface area contributed by atoms with Gasteiger partial charge in [0.15, 0.2) is 0 Å². The average molecular weight is 137 g/mol. The van der Waals surface area contributed by atoms with Crippen LogP contribution in [0.25, 0.3) is 0 Å². The minimum atomic E-state index is 0.225. The summed E-state index contributed by atoms with van der Waals surface area (Å²) in [6.45, 7) is 0.822. The molecule has 0 radical (unpaired) electrons. The summed E-state index contributed by atoms with van der Waals surface area (Å²) in [5.41, 5.74) is 7.14. The molecule has 0 saturated heterocycles. The molecule has 2 N–H and O–H groups in total. The smallest absolute Gasteiger partial charge is 0.119 e. The molecule has 0 fully saturated rings. The van der Waals surface area contributed by atoms with Gasteiger partial charge in [-0.2, -0.15) is 0 Å². The highest BCUT2D eigenvalue weighted by atomic mass is 16.5. The first-order valence-corrected chi connectivity index (χ1v) is 3.66. The highest BCUT2D eigenvalue weighted by molar-refractivity contribution is 5.31. The van der Waals surface area contributed by atoms with Crippen LogP contribution in [0.4, 0.5) is 0 Å². The zero-order valence-corrected chi connectivity index (χ0v) is 5.84. The van der Waals surface area contributed by atoms with E-state index in [0.29, 0.717) is 0 Å². The summed E-state index contributed by atoms with van der Waals surface area (Å²) in [4.78, 5) is 0. The summed E-state index contributed by atoms with van der Waals surface area (Å²) < 4.78 is 5.34. The van der Waals surface area contributed by atoms with Crippen molar-refractivity contribution in [1.29, 1.82) is 0 Å². The van der Waals surface area contributed by atoms with Gasteiger partial charge in [-0.1, -0.05) is 6.08 Å². The first-order chi connectivity index (χ1) is 4.88. The summed E-state index contributed by atoms with van der Waals surface area (Å²) in [5, 5.41) is 0. The number of allylic oxidation sites excluding steroid dienone is 1. The molecular formula is C8H11NO. The molecule has 0 aromatic heterocycles. The second-order valence-electron chi connectivity index (χ2n) is 2.73. The molecule has 1 heterocycles. The molecule has 0 amide bonds. The number of nitrogens with two attached hydrogens (primary N) is 1. The third-order valence-corrected chi connectivity index (χ3v) is 2.05. The minimum absolute atomic E-state index is 0.225. The van der Waals surface area contributed by atoms with Crippen LogP contribution in [0.1, 0.15) is 12.8 Å². The molecule has 2 aliphatic rings. The molecule has 0 spiro atoms. The van der Waals surface area contributed by atoms with Crippen molar-refractivity contribution in [2.24, 2.45) is 5.73 Å². The van der Waals surface area contributed by atoms with E-state index in [9.17, 15) is 0 Å². The zero-order chi connectivity index (χ0) is 6.97. The lowest BCUT2D eigenvalue weighted by Gasteiger charge is -2.13. The van der Waals surface area contributed by atoms with Crippen molar-refractivity contribution in [3.05, 3.63) is 23.5 Å². The van der Waals surface area contributed by atoms with Gasteiger partial charge in [0.2, 0.25) is 0 Å². The maximum Gasteiger partial charge on any atom is 0.119 e. The largest absolute Gasteiger partial charge is 0.493 e. The lowest BCUT2D eigenvalue weighted by molar-refractivity contribution is 0.257. The Morgan fingerprint density at radius 2 is 2.50 bits per heavy atom. The van der Waals surface area contributed by atoms with Gasteiger partial charge in [0.05, 0.1) is 6.61 Å². The van der Waals surface area contributed by atoms with Crippen LogP contribution in [0.3, 0.4) is 0 Å². The Morgan fingerprint density at radius 1 is 1.60 bits per heavy atom. The van der Waals surface area contributed by atoms with Gasteiger partial charge in [0, 0.05) is 12.5 Å². The van der Waals surface area contributed by atoms with Crippen molar-refractivity contribution in [1.82, 2.24) is 0 Å². The fourth-order valence-electron chi connectivity index (χ4n) is 1.47. The average Bonchev–Trinajstić information content (AvgIpc) is 2.36. The molecular weight excluding hydrogens is 126 g/mol. The lowest BCUT2D eigenvalue weighted by Crippen LogP contribution is -2.23. The summed E-state index contributed by atoms with van der Waals surface area (Å²) in [7, 11) is 0. The van der Waals surface area contributed by atoms with Crippen LogP contribution in [-0.4, -0.2) is 12.6 Å². The Bertz CT molecular complexity index is 205. The Hall–Kier alpha value is -0.760. The molecule has 1 atom stereocenters. The van der Waals surface area contributed by atoms with Gasteiger partial charge in [0.1, 0.15) is 5.76 Å². The van der Waals surface area contributed by atoms with Gasteiger partial charge in [-0.3, -0.25) is 0 Å². The quantitative estimate of drug-likeness (QED) is 0.539. The molecule has 2 rings (SSSR count). The molecule has 1 aliphatic heterocycles. The zero-order valence-electron chi connectivity index (χ0n) is 5.84. The molecule has 2 heteroatoms. The van der Waals surface area contributed by atoms with Crippen molar-refractivity contribution in [3.63, 3.8) is 0 Å². The van der Waals surface area contributed by atoms with E-state index >= 15 is 0 Å². The van der Waals surface area contributed by atoms with E-state index in [1.165, 1.54) is 5.57 Å². The van der Waals surface area contributed by atoms with Crippen LogP contribution in [0.15, 0.2) is 23.5 Å². The minimum Gasteiger partial charge on any atom is -0.493 e. The maximum absolute atomic E-state index is 5.83. The van der Waals surface area contributed by atoms with Gasteiger partial charge >= 0.3 is 0 Å². The van der Waals surface area contributed by atoms with E-state index in [1.807, 2.05) is 6.08 Å². The highest BCUT2D eigenvalue weighted by Gasteiger charge is 2.21. The fourth-order valence-corrected chi connectivity index (χ4v) is 1.47. The van der Waals surface area contributed by atoms with Gasteiger partial charge in [-0.05, 0) is 18.1 Å². The molecule has 0 saturated carbocycles. The van der Waals surface area contributed by atoms with Gasteiger partial charge in [-0.25, -0.2) is 0 Å². The second-order valence-corrected chi connectivity index (χ2v) is 2.73. The summed E-state index contributed by atoms with van der Waals surface area (Å²) in [5.74, 6) is 1.03. The summed E-state index contributed by atoms with van der Waals surface area (Å²) >= 11 is 0. The molecule has 2 nitrogen and oxygen atoms in total. The van der Waals surface area contributed by atoms with Crippen molar-refractivity contribution in [3.8, 4) is 0 Å². The van der Waals surface area contributed by atoms with Gasteiger partial charge < -0.3 is 10.5 Å². The number of hydrogen-bond donors (Lipinski definition) is 1. The Balaban J connectivity index is 2.30. The van der Waals surface area contributed by atoms with Crippen LogP contribution >= 0.6 is 0 Å². The lowest BCUT2D eigenvalue weighted by atomic mass is 9.98. The maximum atomic E-state index is 5.83. The van der Waals surface area contributed by atoms with E-state index in [0.717, 1.165) is 25.2 Å². The number of ether oxygens (including phenoxy) is 1. The van der Waals surface area contributed by atoms with E-state index in [-0.39, 0.29) is 6.04 Å². The van der Waals surface area contributed by atoms with E-state index in [4.69, 9.17) is 10.5 Å². The van der Waals surface area contributed by atoms with E-state index in [1.54, 1.807) is 0 Å². The van der Waals surface area contributed by atoms with Crippen molar-refractivity contribution in [2.45, 2.75) is 18.9 Å². The highest BCUT2D eigenvalue weighted by Crippen LogP contribution is 2.27. The molecule has 1 aliphatic carbocycles. The molecule has 0 aromatic rings. The molecule has 1 unspecified atom stereocenters. The molecule has 0 aromatic carbocycles. The first kappa shape index (κ1) is 5.98. The van der Waals surface area contributed by atoms with Crippen LogP contribution in [-0.2, 0) is 4.74 Å². The standard InChI is InChI=1S/C8H11NO/c9-7-2-1-3-8-6(7)4-5-10-8/h1,3,7H,2,4-5,9H2. The van der Waals surface area contributed by atoms with E-state index < -0.39 is 0 Å². The van der Waals surface area contributed by atoms with Crippen molar-refractivity contribution in [2.75, 3.05) is 6.61 Å². The Labute approximate surface area is 60.4 Å². The Morgan fingerprint density at radius 3 is 3.30 bits per heavy atom. The first-order valence-electron chi connectivity index (χ1n) is 3.66. The third-order valence-electron chi connectivity index (χ3n) is 2.05. The normalized spacial score (nSPS) is 30.3. The van der Waals surface area contributed by atoms with Crippen molar-refractivity contribution >= 4 is 0 Å². The molecule has 54 valence electrons.